The summed E-state index contributed by atoms with van der Waals surface area (Å²) in [6.07, 6.45) is 13.2. The van der Waals surface area contributed by atoms with Crippen molar-refractivity contribution in [1.29, 1.82) is 0 Å². The zero-order chi connectivity index (χ0) is 12.4. The Morgan fingerprint density at radius 1 is 0.889 bits per heavy atom. The Hall–Kier alpha value is -1.86. The van der Waals surface area contributed by atoms with Gasteiger partial charge in [-0.2, -0.15) is 0 Å². The number of fused-ring (bicyclic) bond motifs is 1. The minimum atomic E-state index is -0.354. The van der Waals surface area contributed by atoms with Crippen molar-refractivity contribution in [2.75, 3.05) is 0 Å². The molecule has 0 aliphatic heterocycles. The molecule has 1 nitrogen and oxygen atoms in total. The van der Waals surface area contributed by atoms with Gasteiger partial charge < -0.3 is 5.73 Å². The molecule has 0 saturated heterocycles. The summed E-state index contributed by atoms with van der Waals surface area (Å²) >= 11 is 0. The van der Waals surface area contributed by atoms with Crippen molar-refractivity contribution in [2.24, 2.45) is 11.1 Å². The Labute approximate surface area is 107 Å². The summed E-state index contributed by atoms with van der Waals surface area (Å²) in [5.41, 5.74) is 11.3. The fourth-order valence-corrected chi connectivity index (χ4v) is 3.34. The van der Waals surface area contributed by atoms with E-state index in [0.29, 0.717) is 0 Å². The van der Waals surface area contributed by atoms with Crippen LogP contribution in [-0.2, 0) is 0 Å². The Balaban J connectivity index is 2.09. The first-order valence-electron chi connectivity index (χ1n) is 6.34. The van der Waals surface area contributed by atoms with Gasteiger partial charge in [0.1, 0.15) is 0 Å². The molecule has 0 bridgehead atoms. The number of allylic oxidation sites excluding steroid dienone is 2. The van der Waals surface area contributed by atoms with Crippen LogP contribution < -0.4 is 5.73 Å². The molecule has 18 heavy (non-hydrogen) atoms. The van der Waals surface area contributed by atoms with Gasteiger partial charge in [0.15, 0.2) is 0 Å². The van der Waals surface area contributed by atoms with Crippen molar-refractivity contribution >= 4 is 12.2 Å². The average Bonchev–Trinajstić information content (AvgIpc) is 2.69. The summed E-state index contributed by atoms with van der Waals surface area (Å²) < 4.78 is 0. The molecule has 4 rings (SSSR count). The fourth-order valence-electron chi connectivity index (χ4n) is 3.34. The van der Waals surface area contributed by atoms with E-state index in [1.54, 1.807) is 0 Å². The van der Waals surface area contributed by atoms with Gasteiger partial charge >= 0.3 is 0 Å². The first-order valence-corrected chi connectivity index (χ1v) is 6.34. The van der Waals surface area contributed by atoms with Crippen LogP contribution in [0, 0.1) is 5.41 Å². The highest BCUT2D eigenvalue weighted by atomic mass is 14.8. The third-order valence-corrected chi connectivity index (χ3v) is 4.72. The van der Waals surface area contributed by atoms with Gasteiger partial charge in [-0.1, -0.05) is 60.7 Å². The largest absolute Gasteiger partial charge is 0.318 e. The average molecular weight is 233 g/mol. The normalized spacial score (nSPS) is 34.8. The van der Waals surface area contributed by atoms with Crippen molar-refractivity contribution in [2.45, 2.75) is 12.5 Å². The first kappa shape index (κ1) is 10.1. The second kappa shape index (κ2) is 2.93. The Bertz CT molecular complexity index is 620. The van der Waals surface area contributed by atoms with E-state index in [0.717, 1.165) is 0 Å². The van der Waals surface area contributed by atoms with Gasteiger partial charge in [-0.15, -0.1) is 0 Å². The maximum Gasteiger partial charge on any atom is 0.0668 e. The van der Waals surface area contributed by atoms with Crippen molar-refractivity contribution in [3.05, 3.63) is 70.8 Å². The van der Waals surface area contributed by atoms with Crippen LogP contribution in [0.4, 0.5) is 0 Å². The van der Waals surface area contributed by atoms with Crippen molar-refractivity contribution in [3.8, 4) is 0 Å². The molecular weight excluding hydrogens is 218 g/mol. The number of hydrogen-bond acceptors (Lipinski definition) is 1. The summed E-state index contributed by atoms with van der Waals surface area (Å²) in [4.78, 5) is 0. The Morgan fingerprint density at radius 3 is 1.89 bits per heavy atom. The molecule has 0 spiro atoms. The maximum atomic E-state index is 6.54. The van der Waals surface area contributed by atoms with E-state index in [1.165, 1.54) is 22.3 Å². The lowest BCUT2D eigenvalue weighted by atomic mass is 9.70. The minimum Gasteiger partial charge on any atom is -0.318 e. The summed E-state index contributed by atoms with van der Waals surface area (Å²) in [6.45, 7) is 2.25. The minimum absolute atomic E-state index is 0.105. The lowest BCUT2D eigenvalue weighted by Gasteiger charge is -2.35. The van der Waals surface area contributed by atoms with Gasteiger partial charge in [0.25, 0.3) is 0 Å². The highest BCUT2D eigenvalue weighted by Crippen LogP contribution is 2.56. The third kappa shape index (κ3) is 0.971. The molecule has 3 aliphatic carbocycles. The molecule has 1 aromatic rings. The number of nitrogens with two attached hydrogens (primary N) is 1. The summed E-state index contributed by atoms with van der Waals surface area (Å²) in [5, 5.41) is 0. The van der Waals surface area contributed by atoms with Crippen LogP contribution in [0.2, 0.25) is 0 Å². The van der Waals surface area contributed by atoms with Crippen molar-refractivity contribution in [1.82, 2.24) is 0 Å². The second-order valence-electron chi connectivity index (χ2n) is 5.55. The van der Waals surface area contributed by atoms with E-state index in [1.807, 2.05) is 0 Å². The van der Waals surface area contributed by atoms with Crippen molar-refractivity contribution in [3.63, 3.8) is 0 Å². The smallest absolute Gasteiger partial charge is 0.0668 e. The predicted molar refractivity (Wildman–Crippen MR) is 75.7 cm³/mol. The predicted octanol–water partition coefficient (Wildman–Crippen LogP) is 3.31. The third-order valence-electron chi connectivity index (χ3n) is 4.72. The maximum absolute atomic E-state index is 6.54. The van der Waals surface area contributed by atoms with E-state index in [4.69, 9.17) is 5.73 Å². The van der Waals surface area contributed by atoms with E-state index >= 15 is 0 Å². The molecule has 0 radical (unpaired) electrons. The van der Waals surface area contributed by atoms with Crippen LogP contribution >= 0.6 is 0 Å². The number of hydrogen-bond donors (Lipinski definition) is 1. The Kier molecular flexibility index (Phi) is 1.64. The number of rotatable bonds is 0. The molecule has 0 saturated carbocycles. The summed E-state index contributed by atoms with van der Waals surface area (Å²) in [5.74, 6) is 0. The van der Waals surface area contributed by atoms with Crippen LogP contribution in [0.5, 0.6) is 0 Å². The van der Waals surface area contributed by atoms with E-state index in [9.17, 15) is 0 Å². The summed E-state index contributed by atoms with van der Waals surface area (Å²) in [7, 11) is 0. The van der Waals surface area contributed by atoms with E-state index < -0.39 is 0 Å². The quantitative estimate of drug-likeness (QED) is 0.731. The molecule has 0 amide bonds. The highest BCUT2D eigenvalue weighted by molar-refractivity contribution is 5.80. The summed E-state index contributed by atoms with van der Waals surface area (Å²) in [6, 6.07) is 8.50. The fraction of sp³-hybridized carbons (Fsp3) is 0.176. The van der Waals surface area contributed by atoms with E-state index in [-0.39, 0.29) is 11.0 Å². The van der Waals surface area contributed by atoms with Gasteiger partial charge in [-0.05, 0) is 29.2 Å². The number of benzene rings is 1. The molecule has 0 unspecified atom stereocenters. The molecule has 0 aromatic heterocycles. The molecule has 0 fully saturated rings. The SMILES string of the molecule is CC12C3=Cc4ccccc4C=C1C=CC2(N)C=C3. The molecule has 3 aliphatic rings. The molecule has 2 N–H and O–H groups in total. The lowest BCUT2D eigenvalue weighted by molar-refractivity contribution is 0.402. The van der Waals surface area contributed by atoms with E-state index in [2.05, 4.69) is 67.6 Å². The monoisotopic (exact) mass is 233 g/mol. The van der Waals surface area contributed by atoms with Gasteiger partial charge in [-0.25, -0.2) is 0 Å². The second-order valence-corrected chi connectivity index (χ2v) is 5.55. The van der Waals surface area contributed by atoms with Crippen LogP contribution in [-0.4, -0.2) is 5.54 Å². The van der Waals surface area contributed by atoms with Gasteiger partial charge in [-0.3, -0.25) is 0 Å². The van der Waals surface area contributed by atoms with Crippen LogP contribution in [0.25, 0.3) is 12.2 Å². The van der Waals surface area contributed by atoms with Crippen LogP contribution in [0.15, 0.2) is 59.7 Å². The molecule has 0 atom stereocenters. The molecular formula is C17H15N. The van der Waals surface area contributed by atoms with Gasteiger partial charge in [0, 0.05) is 5.41 Å². The van der Waals surface area contributed by atoms with Crippen molar-refractivity contribution < 1.29 is 0 Å². The standard InChI is InChI=1S/C17H15N/c1-16-14-6-8-17(16,18)9-7-15(16)11-13-5-3-2-4-12(13)10-14/h2-11H,18H2,1H3. The van der Waals surface area contributed by atoms with Gasteiger partial charge in [0.05, 0.1) is 5.54 Å². The molecule has 1 aromatic carbocycles. The van der Waals surface area contributed by atoms with Crippen LogP contribution in [0.1, 0.15) is 18.1 Å². The highest BCUT2D eigenvalue weighted by Gasteiger charge is 2.53. The topological polar surface area (TPSA) is 26.0 Å². The first-order chi connectivity index (χ1) is 8.63. The van der Waals surface area contributed by atoms with Crippen LogP contribution in [0.3, 0.4) is 0 Å². The molecule has 0 heterocycles. The van der Waals surface area contributed by atoms with Gasteiger partial charge in [0.2, 0.25) is 0 Å². The molecule has 1 heteroatoms. The Morgan fingerprint density at radius 2 is 1.39 bits per heavy atom. The zero-order valence-electron chi connectivity index (χ0n) is 10.4. The zero-order valence-corrected chi connectivity index (χ0v) is 10.4. The molecule has 88 valence electrons. The lowest BCUT2D eigenvalue weighted by Crippen LogP contribution is -2.46.